The summed E-state index contributed by atoms with van der Waals surface area (Å²) < 4.78 is 39.5. The lowest BCUT2D eigenvalue weighted by molar-refractivity contribution is -0.137. The zero-order chi connectivity index (χ0) is 19.9. The second-order valence-corrected chi connectivity index (χ2v) is 7.08. The smallest absolute Gasteiger partial charge is 0.353 e. The van der Waals surface area contributed by atoms with E-state index in [2.05, 4.69) is 10.3 Å². The highest BCUT2D eigenvalue weighted by molar-refractivity contribution is 5.79. The number of H-pyrrole nitrogens is 1. The van der Waals surface area contributed by atoms with Crippen LogP contribution in [0.5, 0.6) is 0 Å². The van der Waals surface area contributed by atoms with Gasteiger partial charge in [-0.1, -0.05) is 24.3 Å². The molecule has 8 heteroatoms. The minimum Gasteiger partial charge on any atom is -0.353 e. The first-order valence-electron chi connectivity index (χ1n) is 8.96. The minimum absolute atomic E-state index is 0.0139. The van der Waals surface area contributed by atoms with Gasteiger partial charge in [0, 0.05) is 12.1 Å². The van der Waals surface area contributed by atoms with Crippen molar-refractivity contribution in [1.29, 1.82) is 0 Å². The summed E-state index contributed by atoms with van der Waals surface area (Å²) in [4.78, 5) is 27.2. The van der Waals surface area contributed by atoms with Gasteiger partial charge in [-0.15, -0.1) is 0 Å². The van der Waals surface area contributed by atoms with E-state index in [4.69, 9.17) is 0 Å². The topological polar surface area (TPSA) is 66.9 Å². The maximum absolute atomic E-state index is 12.6. The number of aromatic amines is 1. The molecule has 0 radical (unpaired) electrons. The lowest BCUT2D eigenvalue weighted by Gasteiger charge is -2.36. The van der Waals surface area contributed by atoms with Crippen molar-refractivity contribution in [3.63, 3.8) is 0 Å². The molecule has 28 heavy (non-hydrogen) atoms. The number of imidazole rings is 1. The van der Waals surface area contributed by atoms with Gasteiger partial charge in [0.05, 0.1) is 23.0 Å². The van der Waals surface area contributed by atoms with Crippen molar-refractivity contribution in [3.8, 4) is 0 Å². The number of nitrogens with one attached hydrogen (secondary N) is 2. The van der Waals surface area contributed by atoms with Crippen LogP contribution in [0.4, 0.5) is 13.2 Å². The van der Waals surface area contributed by atoms with E-state index >= 15 is 0 Å². The van der Waals surface area contributed by atoms with E-state index < -0.39 is 11.7 Å². The van der Waals surface area contributed by atoms with Crippen LogP contribution in [0.25, 0.3) is 11.0 Å². The second kappa shape index (κ2) is 6.85. The standard InChI is InChI=1S/C20H18F3N3O2/c21-20(22,23)13-7-5-12(6-8-13)9-18(27)24-14-10-15(11-14)26-17-4-2-1-3-16(17)25-19(26)28/h1-8,14-15H,9-11H2,(H,24,27)(H,25,28). The summed E-state index contributed by atoms with van der Waals surface area (Å²) in [7, 11) is 0. The van der Waals surface area contributed by atoms with Gasteiger partial charge in [-0.3, -0.25) is 9.36 Å². The van der Waals surface area contributed by atoms with Crippen LogP contribution in [0.15, 0.2) is 53.3 Å². The molecular weight excluding hydrogens is 371 g/mol. The van der Waals surface area contributed by atoms with Gasteiger partial charge in [0.1, 0.15) is 0 Å². The molecule has 146 valence electrons. The number of fused-ring (bicyclic) bond motifs is 1. The lowest BCUT2D eigenvalue weighted by atomic mass is 9.86. The summed E-state index contributed by atoms with van der Waals surface area (Å²) in [6, 6.07) is 12.0. The van der Waals surface area contributed by atoms with E-state index in [9.17, 15) is 22.8 Å². The number of amides is 1. The Morgan fingerprint density at radius 1 is 1.11 bits per heavy atom. The number of halogens is 3. The van der Waals surface area contributed by atoms with Gasteiger partial charge in [-0.05, 0) is 42.7 Å². The van der Waals surface area contributed by atoms with E-state index in [-0.39, 0.29) is 30.1 Å². The van der Waals surface area contributed by atoms with Crippen LogP contribution in [0.3, 0.4) is 0 Å². The number of nitrogens with zero attached hydrogens (tertiary/aromatic N) is 1. The number of hydrogen-bond donors (Lipinski definition) is 2. The first kappa shape index (κ1) is 18.3. The number of rotatable bonds is 4. The van der Waals surface area contributed by atoms with E-state index in [1.54, 1.807) is 4.57 Å². The predicted molar refractivity (Wildman–Crippen MR) is 97.9 cm³/mol. The Hall–Kier alpha value is -3.03. The molecular formula is C20H18F3N3O2. The van der Waals surface area contributed by atoms with Crippen LogP contribution < -0.4 is 11.0 Å². The molecule has 0 unspecified atom stereocenters. The van der Waals surface area contributed by atoms with Crippen molar-refractivity contribution >= 4 is 16.9 Å². The molecule has 1 aliphatic carbocycles. The van der Waals surface area contributed by atoms with Gasteiger partial charge < -0.3 is 10.3 Å². The highest BCUT2D eigenvalue weighted by atomic mass is 19.4. The maximum atomic E-state index is 12.6. The Labute approximate surface area is 158 Å². The number of para-hydroxylation sites is 2. The van der Waals surface area contributed by atoms with Gasteiger partial charge in [0.2, 0.25) is 5.91 Å². The third-order valence-corrected chi connectivity index (χ3v) is 5.11. The summed E-state index contributed by atoms with van der Waals surface area (Å²) >= 11 is 0. The van der Waals surface area contributed by atoms with Crippen molar-refractivity contribution in [2.24, 2.45) is 0 Å². The molecule has 5 nitrogen and oxygen atoms in total. The van der Waals surface area contributed by atoms with Crippen LogP contribution in [-0.4, -0.2) is 21.5 Å². The van der Waals surface area contributed by atoms with Gasteiger partial charge in [0.15, 0.2) is 0 Å². The van der Waals surface area contributed by atoms with E-state index in [1.807, 2.05) is 24.3 Å². The first-order valence-corrected chi connectivity index (χ1v) is 8.96. The zero-order valence-corrected chi connectivity index (χ0v) is 14.8. The van der Waals surface area contributed by atoms with Gasteiger partial charge in [-0.25, -0.2) is 4.79 Å². The van der Waals surface area contributed by atoms with E-state index in [0.29, 0.717) is 18.4 Å². The highest BCUT2D eigenvalue weighted by Crippen LogP contribution is 2.33. The molecule has 0 aliphatic heterocycles. The Bertz CT molecular complexity index is 1060. The molecule has 0 spiro atoms. The van der Waals surface area contributed by atoms with E-state index in [1.165, 1.54) is 12.1 Å². The van der Waals surface area contributed by atoms with Crippen molar-refractivity contribution in [3.05, 3.63) is 70.1 Å². The van der Waals surface area contributed by atoms with Crippen molar-refractivity contribution in [2.75, 3.05) is 0 Å². The Balaban J connectivity index is 1.34. The molecule has 4 rings (SSSR count). The number of carbonyl (C=O) groups excluding carboxylic acids is 1. The number of benzene rings is 2. The molecule has 0 atom stereocenters. The Morgan fingerprint density at radius 2 is 1.79 bits per heavy atom. The van der Waals surface area contributed by atoms with Crippen LogP contribution >= 0.6 is 0 Å². The average molecular weight is 389 g/mol. The molecule has 2 aromatic carbocycles. The van der Waals surface area contributed by atoms with Gasteiger partial charge in [-0.2, -0.15) is 13.2 Å². The number of aromatic nitrogens is 2. The summed E-state index contributed by atoms with van der Waals surface area (Å²) in [6.45, 7) is 0. The van der Waals surface area contributed by atoms with Crippen LogP contribution in [0, 0.1) is 0 Å². The van der Waals surface area contributed by atoms with Crippen LogP contribution in [-0.2, 0) is 17.4 Å². The van der Waals surface area contributed by atoms with Crippen molar-refractivity contribution in [1.82, 2.24) is 14.9 Å². The second-order valence-electron chi connectivity index (χ2n) is 7.08. The number of carbonyl (C=O) groups is 1. The van der Waals surface area contributed by atoms with Gasteiger partial charge >= 0.3 is 11.9 Å². The third-order valence-electron chi connectivity index (χ3n) is 5.11. The maximum Gasteiger partial charge on any atom is 0.416 e. The lowest BCUT2D eigenvalue weighted by Crippen LogP contribution is -2.47. The number of hydrogen-bond acceptors (Lipinski definition) is 2. The Morgan fingerprint density at radius 3 is 2.46 bits per heavy atom. The third kappa shape index (κ3) is 3.54. The molecule has 1 saturated carbocycles. The average Bonchev–Trinajstić information content (AvgIpc) is 2.93. The molecule has 1 fully saturated rings. The molecule has 0 saturated heterocycles. The molecule has 1 aliphatic rings. The fourth-order valence-electron chi connectivity index (χ4n) is 3.63. The fraction of sp³-hybridized carbons (Fsp3) is 0.300. The summed E-state index contributed by atoms with van der Waals surface area (Å²) in [5.41, 5.74) is 1.24. The van der Waals surface area contributed by atoms with Crippen LogP contribution in [0.1, 0.15) is 30.0 Å². The summed E-state index contributed by atoms with van der Waals surface area (Å²) in [6.07, 6.45) is -3.09. The zero-order valence-electron chi connectivity index (χ0n) is 14.8. The SMILES string of the molecule is O=C(Cc1ccc(C(F)(F)F)cc1)NC1CC(n2c(=O)[nH]c3ccccc32)C1. The molecule has 1 heterocycles. The van der Waals surface area contributed by atoms with Crippen molar-refractivity contribution < 1.29 is 18.0 Å². The minimum atomic E-state index is -4.39. The normalized spacial score (nSPS) is 19.4. The highest BCUT2D eigenvalue weighted by Gasteiger charge is 2.33. The molecule has 1 amide bonds. The molecule has 0 bridgehead atoms. The number of alkyl halides is 3. The summed E-state index contributed by atoms with van der Waals surface area (Å²) in [5, 5.41) is 2.88. The van der Waals surface area contributed by atoms with E-state index in [0.717, 1.165) is 23.2 Å². The predicted octanol–water partition coefficient (Wildman–Crippen LogP) is 3.41. The van der Waals surface area contributed by atoms with Crippen LogP contribution in [0.2, 0.25) is 0 Å². The fourth-order valence-corrected chi connectivity index (χ4v) is 3.63. The molecule has 2 N–H and O–H groups in total. The molecule has 3 aromatic rings. The van der Waals surface area contributed by atoms with Crippen molar-refractivity contribution in [2.45, 2.75) is 37.5 Å². The largest absolute Gasteiger partial charge is 0.416 e. The first-order chi connectivity index (χ1) is 13.3. The Kier molecular flexibility index (Phi) is 4.49. The van der Waals surface area contributed by atoms with Gasteiger partial charge in [0.25, 0.3) is 0 Å². The summed E-state index contributed by atoms with van der Waals surface area (Å²) in [5.74, 6) is -0.241. The molecule has 1 aromatic heterocycles. The quantitative estimate of drug-likeness (QED) is 0.718. The monoisotopic (exact) mass is 389 g/mol.